The van der Waals surface area contributed by atoms with E-state index in [1.54, 1.807) is 6.33 Å². The van der Waals surface area contributed by atoms with E-state index in [4.69, 9.17) is 14.5 Å². The number of hydrogen-bond acceptors (Lipinski definition) is 5. The Morgan fingerprint density at radius 3 is 2.73 bits per heavy atom. The van der Waals surface area contributed by atoms with Crippen molar-refractivity contribution in [2.45, 2.75) is 32.9 Å². The van der Waals surface area contributed by atoms with E-state index in [2.05, 4.69) is 75.4 Å². The van der Waals surface area contributed by atoms with Crippen molar-refractivity contribution in [1.82, 2.24) is 25.0 Å². The van der Waals surface area contributed by atoms with Gasteiger partial charge in [0.15, 0.2) is 17.5 Å². The molecule has 2 aromatic carbocycles. The molecule has 0 saturated carbocycles. The van der Waals surface area contributed by atoms with Crippen LogP contribution in [0, 0.1) is 0 Å². The van der Waals surface area contributed by atoms with E-state index in [1.165, 1.54) is 11.1 Å². The molecule has 8 nitrogen and oxygen atoms in total. The molecule has 1 N–H and O–H groups in total. The van der Waals surface area contributed by atoms with E-state index in [0.717, 1.165) is 55.8 Å². The molecule has 0 saturated heterocycles. The van der Waals surface area contributed by atoms with Gasteiger partial charge in [0.2, 0.25) is 0 Å². The summed E-state index contributed by atoms with van der Waals surface area (Å²) >= 11 is 0. The highest BCUT2D eigenvalue weighted by atomic mass is 16.6. The number of guanidine groups is 1. The summed E-state index contributed by atoms with van der Waals surface area (Å²) in [5.41, 5.74) is 2.43. The van der Waals surface area contributed by atoms with Crippen LogP contribution in [0.1, 0.15) is 23.9 Å². The quantitative estimate of drug-likeness (QED) is 0.401. The molecular weight excluding hydrogens is 416 g/mol. The van der Waals surface area contributed by atoms with Crippen molar-refractivity contribution in [3.63, 3.8) is 0 Å². The zero-order valence-corrected chi connectivity index (χ0v) is 19.4. The molecule has 3 aromatic rings. The Morgan fingerprint density at radius 1 is 1.09 bits per heavy atom. The molecule has 0 amide bonds. The largest absolute Gasteiger partial charge is 0.486 e. The fourth-order valence-corrected chi connectivity index (χ4v) is 3.81. The number of aryl methyl sites for hydroxylation is 1. The van der Waals surface area contributed by atoms with Gasteiger partial charge in [-0.2, -0.15) is 0 Å². The predicted molar refractivity (Wildman–Crippen MR) is 129 cm³/mol. The Labute approximate surface area is 195 Å². The summed E-state index contributed by atoms with van der Waals surface area (Å²) in [6.07, 6.45) is 3.48. The molecule has 0 spiro atoms. The summed E-state index contributed by atoms with van der Waals surface area (Å²) in [5, 5.41) is 11.7. The molecule has 2 heterocycles. The van der Waals surface area contributed by atoms with Crippen LogP contribution in [0.4, 0.5) is 0 Å². The second-order valence-electron chi connectivity index (χ2n) is 8.00. The van der Waals surface area contributed by atoms with Gasteiger partial charge in [-0.1, -0.05) is 43.3 Å². The van der Waals surface area contributed by atoms with Crippen LogP contribution in [0.15, 0.2) is 59.9 Å². The third kappa shape index (κ3) is 6.25. The first-order valence-electron chi connectivity index (χ1n) is 11.5. The van der Waals surface area contributed by atoms with E-state index in [-0.39, 0.29) is 0 Å². The number of rotatable bonds is 9. The number of aromatic nitrogens is 3. The second-order valence-corrected chi connectivity index (χ2v) is 8.00. The highest BCUT2D eigenvalue weighted by Crippen LogP contribution is 2.30. The fraction of sp³-hybridized carbons (Fsp3) is 0.400. The molecule has 33 heavy (non-hydrogen) atoms. The SMILES string of the molecule is CCc1nncn1CCNC(=NCCc1ccc2c(c1)OCCO2)N(C)Cc1ccccc1. The van der Waals surface area contributed by atoms with E-state index in [1.807, 2.05) is 12.1 Å². The molecule has 4 rings (SSSR count). The molecule has 1 aliphatic rings. The first kappa shape index (κ1) is 22.6. The lowest BCUT2D eigenvalue weighted by molar-refractivity contribution is 0.171. The maximum Gasteiger partial charge on any atom is 0.194 e. The predicted octanol–water partition coefficient (Wildman–Crippen LogP) is 2.93. The monoisotopic (exact) mass is 448 g/mol. The van der Waals surface area contributed by atoms with Crippen LogP contribution in [-0.2, 0) is 25.9 Å². The summed E-state index contributed by atoms with van der Waals surface area (Å²) in [5.74, 6) is 3.51. The third-order valence-electron chi connectivity index (χ3n) is 5.54. The highest BCUT2D eigenvalue weighted by Gasteiger charge is 2.12. The lowest BCUT2D eigenvalue weighted by atomic mass is 10.1. The van der Waals surface area contributed by atoms with Crippen molar-refractivity contribution in [2.75, 3.05) is 33.4 Å². The standard InChI is InChI=1S/C25H32N6O2/c1-3-24-29-28-19-31(24)14-13-27-25(30(2)18-21-7-5-4-6-8-21)26-12-11-20-9-10-22-23(17-20)33-16-15-32-22/h4-10,17,19H,3,11-16,18H2,1-2H3,(H,26,27). The average Bonchev–Trinajstić information content (AvgIpc) is 3.31. The third-order valence-corrected chi connectivity index (χ3v) is 5.54. The molecule has 1 aliphatic heterocycles. The van der Waals surface area contributed by atoms with Crippen molar-refractivity contribution in [2.24, 2.45) is 4.99 Å². The minimum atomic E-state index is 0.596. The van der Waals surface area contributed by atoms with Gasteiger partial charge in [0, 0.05) is 39.6 Å². The molecule has 0 bridgehead atoms. The molecule has 174 valence electrons. The Balaban J connectivity index is 1.39. The molecule has 0 atom stereocenters. The lowest BCUT2D eigenvalue weighted by Gasteiger charge is -2.23. The van der Waals surface area contributed by atoms with Crippen molar-refractivity contribution in [1.29, 1.82) is 0 Å². The average molecular weight is 449 g/mol. The lowest BCUT2D eigenvalue weighted by Crippen LogP contribution is -2.40. The van der Waals surface area contributed by atoms with Crippen LogP contribution in [-0.4, -0.2) is 59.0 Å². The number of fused-ring (bicyclic) bond motifs is 1. The number of nitrogens with zero attached hydrogens (tertiary/aromatic N) is 5. The molecular formula is C25H32N6O2. The smallest absolute Gasteiger partial charge is 0.194 e. The first-order chi connectivity index (χ1) is 16.2. The summed E-state index contributed by atoms with van der Waals surface area (Å²) in [6, 6.07) is 16.6. The van der Waals surface area contributed by atoms with E-state index in [9.17, 15) is 0 Å². The molecule has 0 unspecified atom stereocenters. The molecule has 8 heteroatoms. The maximum absolute atomic E-state index is 5.71. The topological polar surface area (TPSA) is 76.8 Å². The van der Waals surface area contributed by atoms with Crippen LogP contribution in [0.5, 0.6) is 11.5 Å². The molecule has 1 aromatic heterocycles. The van der Waals surface area contributed by atoms with Crippen molar-refractivity contribution in [3.8, 4) is 11.5 Å². The zero-order chi connectivity index (χ0) is 22.9. The van der Waals surface area contributed by atoms with Crippen molar-refractivity contribution >= 4 is 5.96 Å². The Kier molecular flexibility index (Phi) is 7.79. The summed E-state index contributed by atoms with van der Waals surface area (Å²) < 4.78 is 13.4. The van der Waals surface area contributed by atoms with Gasteiger partial charge in [-0.15, -0.1) is 10.2 Å². The van der Waals surface area contributed by atoms with Crippen LogP contribution in [0.25, 0.3) is 0 Å². The van der Waals surface area contributed by atoms with E-state index >= 15 is 0 Å². The van der Waals surface area contributed by atoms with Crippen LogP contribution in [0.2, 0.25) is 0 Å². The normalized spacial score (nSPS) is 13.1. The number of nitrogens with one attached hydrogen (secondary N) is 1. The molecule has 0 fully saturated rings. The Hall–Kier alpha value is -3.55. The maximum atomic E-state index is 5.71. The zero-order valence-electron chi connectivity index (χ0n) is 19.4. The van der Waals surface area contributed by atoms with E-state index < -0.39 is 0 Å². The summed E-state index contributed by atoms with van der Waals surface area (Å²) in [6.45, 7) is 6.28. The number of ether oxygens (including phenoxy) is 2. The molecule has 0 aliphatic carbocycles. The Morgan fingerprint density at radius 2 is 1.91 bits per heavy atom. The van der Waals surface area contributed by atoms with Crippen LogP contribution < -0.4 is 14.8 Å². The second kappa shape index (κ2) is 11.4. The first-order valence-corrected chi connectivity index (χ1v) is 11.5. The van der Waals surface area contributed by atoms with Crippen molar-refractivity contribution in [3.05, 3.63) is 71.8 Å². The number of aliphatic imine (C=N–C) groups is 1. The highest BCUT2D eigenvalue weighted by molar-refractivity contribution is 5.79. The van der Waals surface area contributed by atoms with Gasteiger partial charge in [-0.25, -0.2) is 0 Å². The number of benzene rings is 2. The van der Waals surface area contributed by atoms with Gasteiger partial charge in [-0.3, -0.25) is 4.99 Å². The van der Waals surface area contributed by atoms with Gasteiger partial charge >= 0.3 is 0 Å². The summed E-state index contributed by atoms with van der Waals surface area (Å²) in [4.78, 5) is 7.07. The van der Waals surface area contributed by atoms with Crippen molar-refractivity contribution < 1.29 is 9.47 Å². The molecule has 0 radical (unpaired) electrons. The van der Waals surface area contributed by atoms with Gasteiger partial charge in [0.1, 0.15) is 25.4 Å². The van der Waals surface area contributed by atoms with Gasteiger partial charge in [0.05, 0.1) is 0 Å². The fourth-order valence-electron chi connectivity index (χ4n) is 3.81. The van der Waals surface area contributed by atoms with Crippen LogP contribution in [0.3, 0.4) is 0 Å². The van der Waals surface area contributed by atoms with E-state index in [0.29, 0.717) is 19.8 Å². The number of hydrogen-bond donors (Lipinski definition) is 1. The minimum absolute atomic E-state index is 0.596. The minimum Gasteiger partial charge on any atom is -0.486 e. The Bertz CT molecular complexity index is 1050. The van der Waals surface area contributed by atoms with Gasteiger partial charge in [-0.05, 0) is 29.7 Å². The van der Waals surface area contributed by atoms with Gasteiger partial charge in [0.25, 0.3) is 0 Å². The van der Waals surface area contributed by atoms with Gasteiger partial charge < -0.3 is 24.3 Å². The summed E-state index contributed by atoms with van der Waals surface area (Å²) in [7, 11) is 2.07. The van der Waals surface area contributed by atoms with Crippen LogP contribution >= 0.6 is 0 Å².